The molecule has 0 aliphatic carbocycles. The minimum atomic E-state index is -0.340. The highest BCUT2D eigenvalue weighted by atomic mass is 16.5. The Kier molecular flexibility index (Phi) is 5.25. The summed E-state index contributed by atoms with van der Waals surface area (Å²) in [4.78, 5) is 12.0. The van der Waals surface area contributed by atoms with Crippen LogP contribution in [0.4, 0.5) is 11.4 Å². The number of nitrogen functional groups attached to an aromatic ring is 1. The molecule has 0 fully saturated rings. The second-order valence-corrected chi connectivity index (χ2v) is 5.79. The molecule has 1 unspecified atom stereocenters. The summed E-state index contributed by atoms with van der Waals surface area (Å²) in [6, 6.07) is 5.06. The molecule has 0 aromatic heterocycles. The number of amides is 1. The van der Waals surface area contributed by atoms with Gasteiger partial charge in [0.05, 0.1) is 12.3 Å². The summed E-state index contributed by atoms with van der Waals surface area (Å²) in [5.41, 5.74) is 6.96. The lowest BCUT2D eigenvalue weighted by Gasteiger charge is -2.24. The highest BCUT2D eigenvalue weighted by molar-refractivity contribution is 5.85. The maximum atomic E-state index is 12.0. The van der Waals surface area contributed by atoms with Gasteiger partial charge in [0.2, 0.25) is 5.91 Å². The number of ether oxygens (including phenoxy) is 1. The van der Waals surface area contributed by atoms with Crippen molar-refractivity contribution in [3.63, 3.8) is 0 Å². The van der Waals surface area contributed by atoms with Crippen molar-refractivity contribution in [1.82, 2.24) is 5.32 Å². The lowest BCUT2D eigenvalue weighted by atomic mass is 10.1. The predicted molar refractivity (Wildman–Crippen MR) is 83.0 cm³/mol. The van der Waals surface area contributed by atoms with Gasteiger partial charge in [0.1, 0.15) is 11.8 Å². The second kappa shape index (κ2) is 6.50. The second-order valence-electron chi connectivity index (χ2n) is 5.79. The van der Waals surface area contributed by atoms with Gasteiger partial charge in [-0.3, -0.25) is 4.79 Å². The van der Waals surface area contributed by atoms with Crippen LogP contribution in [-0.4, -0.2) is 24.1 Å². The average Bonchev–Trinajstić information content (AvgIpc) is 2.31. The van der Waals surface area contributed by atoms with E-state index in [2.05, 4.69) is 10.6 Å². The number of hydrogen-bond acceptors (Lipinski definition) is 4. The fourth-order valence-corrected chi connectivity index (χ4v) is 1.70. The van der Waals surface area contributed by atoms with E-state index in [1.807, 2.05) is 40.7 Å². The van der Waals surface area contributed by atoms with E-state index in [0.29, 0.717) is 18.0 Å². The first-order chi connectivity index (χ1) is 9.23. The molecule has 0 saturated carbocycles. The van der Waals surface area contributed by atoms with E-state index in [1.54, 1.807) is 12.1 Å². The molecule has 0 heterocycles. The van der Waals surface area contributed by atoms with Crippen LogP contribution in [0.3, 0.4) is 0 Å². The molecule has 4 N–H and O–H groups in total. The molecule has 0 aliphatic heterocycles. The Labute approximate surface area is 120 Å². The molecule has 0 aliphatic rings. The van der Waals surface area contributed by atoms with E-state index in [1.165, 1.54) is 0 Å². The van der Waals surface area contributed by atoms with Gasteiger partial charge in [0.25, 0.3) is 0 Å². The molecule has 5 nitrogen and oxygen atoms in total. The van der Waals surface area contributed by atoms with Crippen LogP contribution in [0.1, 0.15) is 34.6 Å². The number of carbonyl (C=O) groups excluding carboxylic acids is 1. The quantitative estimate of drug-likeness (QED) is 0.723. The van der Waals surface area contributed by atoms with Crippen LogP contribution in [0.5, 0.6) is 5.75 Å². The molecule has 1 aromatic carbocycles. The van der Waals surface area contributed by atoms with Gasteiger partial charge in [-0.05, 0) is 46.8 Å². The number of hydrogen-bond donors (Lipinski definition) is 3. The molecular formula is C15H25N3O2. The Balaban J connectivity index is 2.73. The molecular weight excluding hydrogens is 254 g/mol. The summed E-state index contributed by atoms with van der Waals surface area (Å²) in [5.74, 6) is 0.577. The minimum Gasteiger partial charge on any atom is -0.492 e. The number of carbonyl (C=O) groups is 1. The van der Waals surface area contributed by atoms with Gasteiger partial charge in [-0.1, -0.05) is 0 Å². The minimum absolute atomic E-state index is 0.0488. The Morgan fingerprint density at radius 2 is 2.05 bits per heavy atom. The topological polar surface area (TPSA) is 76.4 Å². The standard InChI is InChI=1S/C15H25N3O2/c1-6-20-13-9-11(7-8-12(13)16)17-10(2)14(19)18-15(3,4)5/h7-10,17H,6,16H2,1-5H3,(H,18,19). The van der Waals surface area contributed by atoms with Gasteiger partial charge in [-0.2, -0.15) is 0 Å². The molecule has 0 spiro atoms. The molecule has 112 valence electrons. The maximum absolute atomic E-state index is 12.0. The van der Waals surface area contributed by atoms with Gasteiger partial charge in [-0.15, -0.1) is 0 Å². The number of nitrogens with one attached hydrogen (secondary N) is 2. The lowest BCUT2D eigenvalue weighted by molar-refractivity contribution is -0.122. The van der Waals surface area contributed by atoms with E-state index >= 15 is 0 Å². The molecule has 5 heteroatoms. The zero-order valence-corrected chi connectivity index (χ0v) is 12.9. The molecule has 1 aromatic rings. The average molecular weight is 279 g/mol. The maximum Gasteiger partial charge on any atom is 0.242 e. The fourth-order valence-electron chi connectivity index (χ4n) is 1.70. The first-order valence-electron chi connectivity index (χ1n) is 6.84. The molecule has 1 atom stereocenters. The van der Waals surface area contributed by atoms with E-state index in [-0.39, 0.29) is 17.5 Å². The van der Waals surface area contributed by atoms with E-state index in [9.17, 15) is 4.79 Å². The Morgan fingerprint density at radius 3 is 2.60 bits per heavy atom. The summed E-state index contributed by atoms with van der Waals surface area (Å²) in [6.07, 6.45) is 0. The zero-order valence-electron chi connectivity index (χ0n) is 12.9. The number of anilines is 2. The zero-order chi connectivity index (χ0) is 15.3. The van der Waals surface area contributed by atoms with Crippen molar-refractivity contribution < 1.29 is 9.53 Å². The summed E-state index contributed by atoms with van der Waals surface area (Å²) in [5, 5.41) is 6.08. The van der Waals surface area contributed by atoms with Crippen molar-refractivity contribution >= 4 is 17.3 Å². The van der Waals surface area contributed by atoms with Gasteiger partial charge in [0, 0.05) is 17.3 Å². The van der Waals surface area contributed by atoms with Gasteiger partial charge >= 0.3 is 0 Å². The molecule has 0 bridgehead atoms. The predicted octanol–water partition coefficient (Wildman–Crippen LogP) is 2.38. The fraction of sp³-hybridized carbons (Fsp3) is 0.533. The number of rotatable bonds is 5. The van der Waals surface area contributed by atoms with Crippen molar-refractivity contribution in [1.29, 1.82) is 0 Å². The van der Waals surface area contributed by atoms with Crippen LogP contribution in [0, 0.1) is 0 Å². The summed E-state index contributed by atoms with van der Waals surface area (Å²) >= 11 is 0. The van der Waals surface area contributed by atoms with Crippen LogP contribution in [-0.2, 0) is 4.79 Å². The molecule has 1 rings (SSSR count). The van der Waals surface area contributed by atoms with Crippen molar-refractivity contribution in [2.75, 3.05) is 17.7 Å². The molecule has 1 amide bonds. The Hall–Kier alpha value is -1.91. The van der Waals surface area contributed by atoms with Gasteiger partial charge < -0.3 is 21.1 Å². The third-order valence-electron chi connectivity index (χ3n) is 2.59. The lowest BCUT2D eigenvalue weighted by Crippen LogP contribution is -2.47. The first kappa shape index (κ1) is 16.1. The smallest absolute Gasteiger partial charge is 0.242 e. The first-order valence-corrected chi connectivity index (χ1v) is 6.84. The van der Waals surface area contributed by atoms with Crippen LogP contribution in [0.25, 0.3) is 0 Å². The highest BCUT2D eigenvalue weighted by Crippen LogP contribution is 2.25. The molecule has 0 radical (unpaired) electrons. The van der Waals surface area contributed by atoms with Crippen LogP contribution >= 0.6 is 0 Å². The van der Waals surface area contributed by atoms with E-state index in [0.717, 1.165) is 5.69 Å². The van der Waals surface area contributed by atoms with Crippen molar-refractivity contribution in [3.8, 4) is 5.75 Å². The summed E-state index contributed by atoms with van der Waals surface area (Å²) < 4.78 is 5.43. The number of benzene rings is 1. The summed E-state index contributed by atoms with van der Waals surface area (Å²) in [6.45, 7) is 10.1. The van der Waals surface area contributed by atoms with Crippen LogP contribution in [0.15, 0.2) is 18.2 Å². The normalized spacial score (nSPS) is 12.7. The third-order valence-corrected chi connectivity index (χ3v) is 2.59. The van der Waals surface area contributed by atoms with Gasteiger partial charge in [-0.25, -0.2) is 0 Å². The summed E-state index contributed by atoms with van der Waals surface area (Å²) in [7, 11) is 0. The van der Waals surface area contributed by atoms with E-state index < -0.39 is 0 Å². The highest BCUT2D eigenvalue weighted by Gasteiger charge is 2.19. The molecule has 0 saturated heterocycles. The Morgan fingerprint density at radius 1 is 1.40 bits per heavy atom. The SMILES string of the molecule is CCOc1cc(NC(C)C(=O)NC(C)(C)C)ccc1N. The van der Waals surface area contributed by atoms with Crippen molar-refractivity contribution in [2.24, 2.45) is 0 Å². The van der Waals surface area contributed by atoms with E-state index in [4.69, 9.17) is 10.5 Å². The van der Waals surface area contributed by atoms with Gasteiger partial charge in [0.15, 0.2) is 0 Å². The van der Waals surface area contributed by atoms with Crippen molar-refractivity contribution in [3.05, 3.63) is 18.2 Å². The largest absolute Gasteiger partial charge is 0.492 e. The monoisotopic (exact) mass is 279 g/mol. The van der Waals surface area contributed by atoms with Crippen molar-refractivity contribution in [2.45, 2.75) is 46.2 Å². The number of nitrogens with two attached hydrogens (primary N) is 1. The molecule has 20 heavy (non-hydrogen) atoms. The van der Waals surface area contributed by atoms with Crippen LogP contribution in [0.2, 0.25) is 0 Å². The third kappa shape index (κ3) is 4.99. The Bertz CT molecular complexity index is 467. The van der Waals surface area contributed by atoms with Crippen LogP contribution < -0.4 is 21.1 Å².